The van der Waals surface area contributed by atoms with E-state index >= 15 is 0 Å². The van der Waals surface area contributed by atoms with Gasteiger partial charge in [0.05, 0.1) is 12.1 Å². The van der Waals surface area contributed by atoms with E-state index in [0.717, 1.165) is 32.5 Å². The fourth-order valence-electron chi connectivity index (χ4n) is 2.81. The molecule has 2 aliphatic rings. The summed E-state index contributed by atoms with van der Waals surface area (Å²) in [6.45, 7) is 8.18. The van der Waals surface area contributed by atoms with E-state index in [9.17, 15) is 4.79 Å². The van der Waals surface area contributed by atoms with Crippen molar-refractivity contribution in [1.29, 1.82) is 0 Å². The lowest BCUT2D eigenvalue weighted by atomic mass is 9.91. The Hall–Kier alpha value is -0.810. The Morgan fingerprint density at radius 3 is 2.74 bits per heavy atom. The molecule has 0 spiro atoms. The maximum atomic E-state index is 11.8. The molecule has 0 radical (unpaired) electrons. The van der Waals surface area contributed by atoms with E-state index in [1.165, 1.54) is 6.42 Å². The molecule has 1 amide bonds. The number of nitrogens with one attached hydrogen (secondary N) is 2. The molecule has 0 aliphatic carbocycles. The molecule has 2 rings (SSSR count). The maximum Gasteiger partial charge on any atom is 0.407 e. The molecule has 2 fully saturated rings. The van der Waals surface area contributed by atoms with Gasteiger partial charge >= 0.3 is 6.09 Å². The topological polar surface area (TPSA) is 59.6 Å². The van der Waals surface area contributed by atoms with Crippen LogP contribution in [-0.2, 0) is 9.47 Å². The van der Waals surface area contributed by atoms with Gasteiger partial charge in [0.2, 0.25) is 0 Å². The van der Waals surface area contributed by atoms with Gasteiger partial charge in [-0.25, -0.2) is 4.79 Å². The van der Waals surface area contributed by atoms with Crippen LogP contribution in [0.1, 0.15) is 40.0 Å². The van der Waals surface area contributed by atoms with Crippen LogP contribution in [0, 0.1) is 5.92 Å². The molecule has 0 bridgehead atoms. The van der Waals surface area contributed by atoms with Gasteiger partial charge in [-0.1, -0.05) is 0 Å². The van der Waals surface area contributed by atoms with Gasteiger partial charge in [0.15, 0.2) is 0 Å². The summed E-state index contributed by atoms with van der Waals surface area (Å²) in [5.74, 6) is 0.354. The summed E-state index contributed by atoms with van der Waals surface area (Å²) in [5.41, 5.74) is -0.451. The van der Waals surface area contributed by atoms with Crippen LogP contribution in [-0.4, -0.2) is 43.5 Å². The van der Waals surface area contributed by atoms with Gasteiger partial charge in [-0.05, 0) is 40.0 Å². The van der Waals surface area contributed by atoms with E-state index in [1.807, 2.05) is 20.8 Å². The van der Waals surface area contributed by atoms with Crippen LogP contribution >= 0.6 is 0 Å². The first-order valence-corrected chi connectivity index (χ1v) is 7.27. The van der Waals surface area contributed by atoms with Crippen LogP contribution in [0.5, 0.6) is 0 Å². The molecule has 0 aromatic carbocycles. The SMILES string of the molecule is CC(C)(C)OC(=O)NC1CNCC1C1CCCCO1. The number of alkyl carbamates (subject to hydrolysis) is 1. The van der Waals surface area contributed by atoms with Gasteiger partial charge in [-0.15, -0.1) is 0 Å². The Bertz CT molecular complexity index is 308. The lowest BCUT2D eigenvalue weighted by Crippen LogP contribution is -2.47. The van der Waals surface area contributed by atoms with Crippen molar-refractivity contribution in [2.75, 3.05) is 19.7 Å². The molecule has 0 saturated carbocycles. The van der Waals surface area contributed by atoms with E-state index < -0.39 is 5.60 Å². The van der Waals surface area contributed by atoms with E-state index in [1.54, 1.807) is 0 Å². The predicted octanol–water partition coefficient (Wildman–Crippen LogP) is 1.67. The molecule has 2 aliphatic heterocycles. The van der Waals surface area contributed by atoms with Crippen LogP contribution < -0.4 is 10.6 Å². The highest BCUT2D eigenvalue weighted by atomic mass is 16.6. The lowest BCUT2D eigenvalue weighted by Gasteiger charge is -2.31. The largest absolute Gasteiger partial charge is 0.444 e. The first-order chi connectivity index (χ1) is 8.96. The predicted molar refractivity (Wildman–Crippen MR) is 73.1 cm³/mol. The Kier molecular flexibility index (Phi) is 4.68. The van der Waals surface area contributed by atoms with Gasteiger partial charge in [0.1, 0.15) is 5.60 Å². The quantitative estimate of drug-likeness (QED) is 0.801. The minimum atomic E-state index is -0.451. The highest BCUT2D eigenvalue weighted by Crippen LogP contribution is 2.25. The normalized spacial score (nSPS) is 32.1. The molecule has 5 heteroatoms. The number of carbonyl (C=O) groups excluding carboxylic acids is 1. The summed E-state index contributed by atoms with van der Waals surface area (Å²) in [7, 11) is 0. The van der Waals surface area contributed by atoms with E-state index in [0.29, 0.717) is 5.92 Å². The van der Waals surface area contributed by atoms with E-state index in [2.05, 4.69) is 10.6 Å². The summed E-state index contributed by atoms with van der Waals surface area (Å²) < 4.78 is 11.2. The fourth-order valence-corrected chi connectivity index (χ4v) is 2.81. The third-order valence-electron chi connectivity index (χ3n) is 3.66. The molecular weight excluding hydrogens is 244 g/mol. The number of hydrogen-bond acceptors (Lipinski definition) is 4. The van der Waals surface area contributed by atoms with Crippen LogP contribution in [0.3, 0.4) is 0 Å². The molecule has 5 nitrogen and oxygen atoms in total. The Labute approximate surface area is 115 Å². The molecule has 2 N–H and O–H groups in total. The van der Waals surface area contributed by atoms with Gasteiger partial charge in [-0.3, -0.25) is 0 Å². The summed E-state index contributed by atoms with van der Waals surface area (Å²) in [5, 5.41) is 6.32. The highest BCUT2D eigenvalue weighted by Gasteiger charge is 2.36. The molecule has 3 atom stereocenters. The number of carbonyl (C=O) groups is 1. The molecule has 0 aromatic rings. The van der Waals surface area contributed by atoms with E-state index in [4.69, 9.17) is 9.47 Å². The highest BCUT2D eigenvalue weighted by molar-refractivity contribution is 5.68. The standard InChI is InChI=1S/C14H26N2O3/c1-14(2,3)19-13(17)16-11-9-15-8-10(11)12-6-4-5-7-18-12/h10-12,15H,4-9H2,1-3H3,(H,16,17). The molecule has 0 aromatic heterocycles. The van der Waals surface area contributed by atoms with Gasteiger partial charge < -0.3 is 20.1 Å². The maximum absolute atomic E-state index is 11.8. The first kappa shape index (κ1) is 14.6. The third kappa shape index (κ3) is 4.35. The Morgan fingerprint density at radius 2 is 2.11 bits per heavy atom. The monoisotopic (exact) mass is 270 g/mol. The van der Waals surface area contributed by atoms with Crippen molar-refractivity contribution >= 4 is 6.09 Å². The summed E-state index contributed by atoms with van der Waals surface area (Å²) >= 11 is 0. The van der Waals surface area contributed by atoms with Crippen molar-refractivity contribution < 1.29 is 14.3 Å². The molecule has 19 heavy (non-hydrogen) atoms. The Balaban J connectivity index is 1.86. The van der Waals surface area contributed by atoms with Crippen LogP contribution in [0.25, 0.3) is 0 Å². The van der Waals surface area contributed by atoms with Crippen molar-refractivity contribution in [3.8, 4) is 0 Å². The van der Waals surface area contributed by atoms with Crippen molar-refractivity contribution in [3.63, 3.8) is 0 Å². The third-order valence-corrected chi connectivity index (χ3v) is 3.66. The fraction of sp³-hybridized carbons (Fsp3) is 0.929. The summed E-state index contributed by atoms with van der Waals surface area (Å²) in [6.07, 6.45) is 3.41. The zero-order valence-corrected chi connectivity index (χ0v) is 12.2. The molecule has 2 saturated heterocycles. The zero-order chi connectivity index (χ0) is 13.9. The van der Waals surface area contributed by atoms with Crippen molar-refractivity contribution in [2.24, 2.45) is 5.92 Å². The number of amides is 1. The Morgan fingerprint density at radius 1 is 1.32 bits per heavy atom. The first-order valence-electron chi connectivity index (χ1n) is 7.27. The second kappa shape index (κ2) is 6.09. The van der Waals surface area contributed by atoms with Crippen LogP contribution in [0.2, 0.25) is 0 Å². The molecule has 3 unspecified atom stereocenters. The zero-order valence-electron chi connectivity index (χ0n) is 12.2. The number of hydrogen-bond donors (Lipinski definition) is 2. The summed E-state index contributed by atoms with van der Waals surface area (Å²) in [6, 6.07) is 0.109. The minimum absolute atomic E-state index is 0.109. The molecular formula is C14H26N2O3. The van der Waals surface area contributed by atoms with Gasteiger partial charge in [0.25, 0.3) is 0 Å². The van der Waals surface area contributed by atoms with E-state index in [-0.39, 0.29) is 18.2 Å². The molecule has 110 valence electrons. The minimum Gasteiger partial charge on any atom is -0.444 e. The van der Waals surface area contributed by atoms with Crippen LogP contribution in [0.4, 0.5) is 4.79 Å². The van der Waals surface area contributed by atoms with Gasteiger partial charge in [0, 0.05) is 25.6 Å². The summed E-state index contributed by atoms with van der Waals surface area (Å²) in [4.78, 5) is 11.8. The average Bonchev–Trinajstić information content (AvgIpc) is 2.75. The lowest BCUT2D eigenvalue weighted by molar-refractivity contribution is -0.0229. The number of rotatable bonds is 2. The molecule has 2 heterocycles. The van der Waals surface area contributed by atoms with Gasteiger partial charge in [-0.2, -0.15) is 0 Å². The second-order valence-electron chi connectivity index (χ2n) is 6.48. The second-order valence-corrected chi connectivity index (χ2v) is 6.48. The van der Waals surface area contributed by atoms with Crippen LogP contribution in [0.15, 0.2) is 0 Å². The van der Waals surface area contributed by atoms with Crippen molar-refractivity contribution in [2.45, 2.75) is 57.8 Å². The van der Waals surface area contributed by atoms with Crippen molar-refractivity contribution in [3.05, 3.63) is 0 Å². The number of ether oxygens (including phenoxy) is 2. The smallest absolute Gasteiger partial charge is 0.407 e. The van der Waals surface area contributed by atoms with Crippen molar-refractivity contribution in [1.82, 2.24) is 10.6 Å². The average molecular weight is 270 g/mol.